The Bertz CT molecular complexity index is 577. The van der Waals surface area contributed by atoms with Gasteiger partial charge in [-0.2, -0.15) is 11.8 Å². The summed E-state index contributed by atoms with van der Waals surface area (Å²) >= 11 is 14.1. The summed E-state index contributed by atoms with van der Waals surface area (Å²) in [5, 5.41) is 8.25. The largest absolute Gasteiger partial charge is 0.381 e. The zero-order chi connectivity index (χ0) is 18.1. The maximum absolute atomic E-state index is 6.21. The lowest BCUT2D eigenvalue weighted by molar-refractivity contribution is 0.0783. The van der Waals surface area contributed by atoms with Gasteiger partial charge >= 0.3 is 0 Å². The molecule has 1 aromatic rings. The average Bonchev–Trinajstić information content (AvgIpc) is 2.63. The molecular weight excluding hydrogens is 377 g/mol. The van der Waals surface area contributed by atoms with Crippen molar-refractivity contribution in [1.82, 2.24) is 10.6 Å². The number of aryl methyl sites for hydroxylation is 1. The molecule has 1 aliphatic heterocycles. The van der Waals surface area contributed by atoms with E-state index < -0.39 is 0 Å². The van der Waals surface area contributed by atoms with Crippen LogP contribution in [-0.4, -0.2) is 50.3 Å². The second kappa shape index (κ2) is 10.5. The van der Waals surface area contributed by atoms with E-state index in [0.29, 0.717) is 5.02 Å². The average molecular weight is 404 g/mol. The number of hydrogen-bond acceptors (Lipinski definition) is 3. The molecule has 0 spiro atoms. The van der Waals surface area contributed by atoms with Crippen molar-refractivity contribution in [3.05, 3.63) is 33.8 Å². The standard InChI is InChI=1S/C18H27Cl2N3OS/c1-21-17(23-13-18(25-2)7-10-24-11-8-18)22-9-3-4-14-5-6-15(19)12-16(14)20/h5-6,12H,3-4,7-11,13H2,1-2H3,(H2,21,22,23). The fourth-order valence-corrected chi connectivity index (χ4v) is 4.17. The van der Waals surface area contributed by atoms with E-state index in [1.807, 2.05) is 23.9 Å². The quantitative estimate of drug-likeness (QED) is 0.410. The second-order valence-corrected chi connectivity index (χ2v) is 8.31. The van der Waals surface area contributed by atoms with Crippen LogP contribution >= 0.6 is 35.0 Å². The lowest BCUT2D eigenvalue weighted by Gasteiger charge is -2.36. The van der Waals surface area contributed by atoms with Crippen molar-refractivity contribution in [2.24, 2.45) is 4.99 Å². The minimum absolute atomic E-state index is 0.243. The smallest absolute Gasteiger partial charge is 0.191 e. The summed E-state index contributed by atoms with van der Waals surface area (Å²) in [7, 11) is 1.81. The van der Waals surface area contributed by atoms with Crippen molar-refractivity contribution in [1.29, 1.82) is 0 Å². The number of nitrogens with zero attached hydrogens (tertiary/aromatic N) is 1. The first-order valence-electron chi connectivity index (χ1n) is 8.60. The molecule has 140 valence electrons. The molecule has 0 unspecified atom stereocenters. The molecule has 0 atom stereocenters. The predicted octanol–water partition coefficient (Wildman–Crippen LogP) is 4.00. The highest BCUT2D eigenvalue weighted by Crippen LogP contribution is 2.32. The van der Waals surface area contributed by atoms with Gasteiger partial charge in [-0.25, -0.2) is 0 Å². The summed E-state index contributed by atoms with van der Waals surface area (Å²) in [6, 6.07) is 5.67. The molecule has 7 heteroatoms. The monoisotopic (exact) mass is 403 g/mol. The number of thioether (sulfide) groups is 1. The van der Waals surface area contributed by atoms with Crippen LogP contribution in [0.2, 0.25) is 10.0 Å². The molecule has 1 saturated heterocycles. The van der Waals surface area contributed by atoms with Crippen molar-refractivity contribution in [2.75, 3.05) is 39.6 Å². The van der Waals surface area contributed by atoms with Crippen LogP contribution in [0.3, 0.4) is 0 Å². The molecule has 0 amide bonds. The summed E-state index contributed by atoms with van der Waals surface area (Å²) in [6.45, 7) is 3.43. The van der Waals surface area contributed by atoms with Gasteiger partial charge < -0.3 is 15.4 Å². The lowest BCUT2D eigenvalue weighted by Crippen LogP contribution is -2.48. The fraction of sp³-hybridized carbons (Fsp3) is 0.611. The third-order valence-corrected chi connectivity index (χ3v) is 6.57. The van der Waals surface area contributed by atoms with Gasteiger partial charge in [-0.3, -0.25) is 4.99 Å². The fourth-order valence-electron chi connectivity index (χ4n) is 2.87. The Morgan fingerprint density at radius 3 is 2.68 bits per heavy atom. The van der Waals surface area contributed by atoms with Crippen LogP contribution in [0.5, 0.6) is 0 Å². The van der Waals surface area contributed by atoms with E-state index in [0.717, 1.165) is 68.5 Å². The maximum atomic E-state index is 6.21. The highest BCUT2D eigenvalue weighted by molar-refractivity contribution is 8.00. The molecule has 0 saturated carbocycles. The van der Waals surface area contributed by atoms with E-state index in [2.05, 4.69) is 21.9 Å². The Hall–Kier alpha value is -0.620. The van der Waals surface area contributed by atoms with Gasteiger partial charge in [0.1, 0.15) is 0 Å². The Balaban J connectivity index is 1.73. The molecule has 4 nitrogen and oxygen atoms in total. The number of rotatable bonds is 7. The van der Waals surface area contributed by atoms with Crippen LogP contribution in [0.25, 0.3) is 0 Å². The minimum Gasteiger partial charge on any atom is -0.381 e. The van der Waals surface area contributed by atoms with Gasteiger partial charge in [-0.05, 0) is 49.6 Å². The van der Waals surface area contributed by atoms with Crippen molar-refractivity contribution in [3.63, 3.8) is 0 Å². The molecule has 1 fully saturated rings. The van der Waals surface area contributed by atoms with E-state index >= 15 is 0 Å². The number of ether oxygens (including phenoxy) is 1. The van der Waals surface area contributed by atoms with E-state index in [1.165, 1.54) is 0 Å². The Morgan fingerprint density at radius 1 is 1.28 bits per heavy atom. The third-order valence-electron chi connectivity index (χ3n) is 4.57. The zero-order valence-electron chi connectivity index (χ0n) is 14.9. The summed E-state index contributed by atoms with van der Waals surface area (Å²) in [6.07, 6.45) is 6.22. The van der Waals surface area contributed by atoms with Gasteiger partial charge in [0, 0.05) is 48.1 Å². The molecule has 0 aliphatic carbocycles. The van der Waals surface area contributed by atoms with E-state index in [1.54, 1.807) is 13.1 Å². The van der Waals surface area contributed by atoms with Crippen LogP contribution in [0.15, 0.2) is 23.2 Å². The maximum Gasteiger partial charge on any atom is 0.191 e. The molecule has 2 N–H and O–H groups in total. The van der Waals surface area contributed by atoms with Crippen molar-refractivity contribution >= 4 is 40.9 Å². The lowest BCUT2D eigenvalue weighted by atomic mass is 9.99. The van der Waals surface area contributed by atoms with Crippen LogP contribution in [0.4, 0.5) is 0 Å². The zero-order valence-corrected chi connectivity index (χ0v) is 17.2. The van der Waals surface area contributed by atoms with Crippen LogP contribution < -0.4 is 10.6 Å². The highest BCUT2D eigenvalue weighted by Gasteiger charge is 2.31. The van der Waals surface area contributed by atoms with Gasteiger partial charge in [0.05, 0.1) is 0 Å². The summed E-state index contributed by atoms with van der Waals surface area (Å²) < 4.78 is 5.73. The molecule has 2 rings (SSSR count). The van der Waals surface area contributed by atoms with Crippen molar-refractivity contribution < 1.29 is 4.74 Å². The minimum atomic E-state index is 0.243. The Morgan fingerprint density at radius 2 is 2.04 bits per heavy atom. The molecule has 25 heavy (non-hydrogen) atoms. The molecule has 1 aromatic carbocycles. The highest BCUT2D eigenvalue weighted by atomic mass is 35.5. The molecule has 1 heterocycles. The SMILES string of the molecule is CN=C(NCCCc1ccc(Cl)cc1Cl)NCC1(SC)CCOCC1. The van der Waals surface area contributed by atoms with Crippen LogP contribution in [-0.2, 0) is 11.2 Å². The number of aliphatic imine (C=N–C) groups is 1. The van der Waals surface area contributed by atoms with Crippen molar-refractivity contribution in [2.45, 2.75) is 30.4 Å². The van der Waals surface area contributed by atoms with E-state index in [-0.39, 0.29) is 4.75 Å². The molecule has 0 radical (unpaired) electrons. The van der Waals surface area contributed by atoms with Crippen LogP contribution in [0.1, 0.15) is 24.8 Å². The van der Waals surface area contributed by atoms with Crippen molar-refractivity contribution in [3.8, 4) is 0 Å². The second-order valence-electron chi connectivity index (χ2n) is 6.19. The predicted molar refractivity (Wildman–Crippen MR) is 110 cm³/mol. The summed E-state index contributed by atoms with van der Waals surface area (Å²) in [4.78, 5) is 4.32. The molecule has 1 aliphatic rings. The first-order valence-corrected chi connectivity index (χ1v) is 10.6. The number of hydrogen-bond donors (Lipinski definition) is 2. The number of halogens is 2. The third kappa shape index (κ3) is 6.55. The number of benzene rings is 1. The number of nitrogens with one attached hydrogen (secondary N) is 2. The Kier molecular flexibility index (Phi) is 8.70. The summed E-state index contributed by atoms with van der Waals surface area (Å²) in [5.74, 6) is 0.849. The summed E-state index contributed by atoms with van der Waals surface area (Å²) in [5.41, 5.74) is 1.12. The van der Waals surface area contributed by atoms with E-state index in [9.17, 15) is 0 Å². The van der Waals surface area contributed by atoms with Gasteiger partial charge in [-0.15, -0.1) is 0 Å². The van der Waals surface area contributed by atoms with Crippen LogP contribution in [0, 0.1) is 0 Å². The van der Waals surface area contributed by atoms with Gasteiger partial charge in [0.2, 0.25) is 0 Å². The normalized spacial score (nSPS) is 17.4. The first kappa shape index (κ1) is 20.7. The number of guanidine groups is 1. The molecular formula is C18H27Cl2N3OS. The van der Waals surface area contributed by atoms with Gasteiger partial charge in [0.25, 0.3) is 0 Å². The van der Waals surface area contributed by atoms with E-state index in [4.69, 9.17) is 27.9 Å². The topological polar surface area (TPSA) is 45.7 Å². The first-order chi connectivity index (χ1) is 12.1. The molecule has 0 bridgehead atoms. The van der Waals surface area contributed by atoms with Gasteiger partial charge in [-0.1, -0.05) is 29.3 Å². The Labute approximate surface area is 165 Å². The molecule has 0 aromatic heterocycles. The van der Waals surface area contributed by atoms with Gasteiger partial charge in [0.15, 0.2) is 5.96 Å².